The highest BCUT2D eigenvalue weighted by molar-refractivity contribution is 5.80. The molecule has 5 rings (SSSR count). The van der Waals surface area contributed by atoms with E-state index in [-0.39, 0.29) is 6.10 Å². The van der Waals surface area contributed by atoms with Gasteiger partial charge in [-0.2, -0.15) is 5.10 Å². The number of imidazole rings is 1. The number of para-hydroxylation sites is 2. The molecule has 0 saturated carbocycles. The summed E-state index contributed by atoms with van der Waals surface area (Å²) in [6.07, 6.45) is 5.80. The summed E-state index contributed by atoms with van der Waals surface area (Å²) in [7, 11) is 3.75. The maximum atomic E-state index is 5.96. The number of fused-ring (bicyclic) bond motifs is 1. The van der Waals surface area contributed by atoms with Gasteiger partial charge in [-0.05, 0) is 23.3 Å². The molecule has 0 spiro atoms. The number of ether oxygens (including phenoxy) is 1. The van der Waals surface area contributed by atoms with Gasteiger partial charge >= 0.3 is 0 Å². The number of aryl methyl sites for hydroxylation is 1. The van der Waals surface area contributed by atoms with Crippen LogP contribution in [0.15, 0.2) is 72.2 Å². The second kappa shape index (κ2) is 9.46. The van der Waals surface area contributed by atoms with Crippen LogP contribution in [0.5, 0.6) is 0 Å². The summed E-state index contributed by atoms with van der Waals surface area (Å²) < 4.78 is 9.95. The predicted molar refractivity (Wildman–Crippen MR) is 129 cm³/mol. The first-order valence-electron chi connectivity index (χ1n) is 11.2. The van der Waals surface area contributed by atoms with Crippen LogP contribution in [0.4, 0.5) is 0 Å². The third kappa shape index (κ3) is 4.75. The minimum absolute atomic E-state index is 0.00420. The second-order valence-corrected chi connectivity index (χ2v) is 8.33. The Bertz CT molecular complexity index is 1240. The van der Waals surface area contributed by atoms with Crippen molar-refractivity contribution in [1.29, 1.82) is 0 Å². The SMILES string of the molecule is CN=C(NCc1ccc(Cn2cnc3ccccc32)cc1)N1CCOC(c2cnn(C)c2)C1. The van der Waals surface area contributed by atoms with Gasteiger partial charge in [0.1, 0.15) is 6.10 Å². The van der Waals surface area contributed by atoms with E-state index in [9.17, 15) is 0 Å². The molecule has 4 aromatic rings. The Morgan fingerprint density at radius 3 is 2.76 bits per heavy atom. The van der Waals surface area contributed by atoms with E-state index < -0.39 is 0 Å². The molecule has 1 fully saturated rings. The van der Waals surface area contributed by atoms with Crippen molar-refractivity contribution in [3.8, 4) is 0 Å². The van der Waals surface area contributed by atoms with E-state index in [0.29, 0.717) is 6.61 Å². The van der Waals surface area contributed by atoms with Gasteiger partial charge in [0.2, 0.25) is 0 Å². The molecule has 2 aromatic carbocycles. The van der Waals surface area contributed by atoms with E-state index in [4.69, 9.17) is 4.74 Å². The monoisotopic (exact) mass is 443 g/mol. The van der Waals surface area contributed by atoms with Crippen LogP contribution in [0.1, 0.15) is 22.8 Å². The van der Waals surface area contributed by atoms with Gasteiger partial charge in [0.15, 0.2) is 5.96 Å². The summed E-state index contributed by atoms with van der Waals surface area (Å²) in [6, 6.07) is 16.9. The quantitative estimate of drug-likeness (QED) is 0.379. The summed E-state index contributed by atoms with van der Waals surface area (Å²) in [5.74, 6) is 0.890. The average molecular weight is 444 g/mol. The summed E-state index contributed by atoms with van der Waals surface area (Å²) in [4.78, 5) is 11.2. The number of hydrogen-bond acceptors (Lipinski definition) is 4. The molecule has 1 N–H and O–H groups in total. The van der Waals surface area contributed by atoms with Crippen molar-refractivity contribution in [1.82, 2.24) is 29.5 Å². The average Bonchev–Trinajstić information content (AvgIpc) is 3.47. The van der Waals surface area contributed by atoms with Crippen LogP contribution in [-0.4, -0.2) is 56.9 Å². The highest BCUT2D eigenvalue weighted by atomic mass is 16.5. The number of nitrogens with zero attached hydrogens (tertiary/aromatic N) is 6. The minimum Gasteiger partial charge on any atom is -0.370 e. The van der Waals surface area contributed by atoms with Crippen molar-refractivity contribution in [3.63, 3.8) is 0 Å². The van der Waals surface area contributed by atoms with E-state index >= 15 is 0 Å². The number of aliphatic imine (C=N–C) groups is 1. The number of benzene rings is 2. The van der Waals surface area contributed by atoms with Crippen LogP contribution >= 0.6 is 0 Å². The molecule has 170 valence electrons. The number of nitrogens with one attached hydrogen (secondary N) is 1. The zero-order valence-corrected chi connectivity index (χ0v) is 19.1. The smallest absolute Gasteiger partial charge is 0.194 e. The van der Waals surface area contributed by atoms with Crippen LogP contribution in [0, 0.1) is 0 Å². The molecule has 1 saturated heterocycles. The van der Waals surface area contributed by atoms with Crippen LogP contribution < -0.4 is 5.32 Å². The molecular formula is C25H29N7O. The molecule has 3 heterocycles. The summed E-state index contributed by atoms with van der Waals surface area (Å²) >= 11 is 0. The fourth-order valence-electron chi connectivity index (χ4n) is 4.26. The third-order valence-corrected chi connectivity index (χ3v) is 6.03. The molecule has 0 radical (unpaired) electrons. The van der Waals surface area contributed by atoms with Crippen LogP contribution in [0.2, 0.25) is 0 Å². The van der Waals surface area contributed by atoms with Crippen LogP contribution in [0.3, 0.4) is 0 Å². The van der Waals surface area contributed by atoms with Gasteiger partial charge in [0.25, 0.3) is 0 Å². The second-order valence-electron chi connectivity index (χ2n) is 8.33. The number of aromatic nitrogens is 4. The summed E-state index contributed by atoms with van der Waals surface area (Å²) in [6.45, 7) is 3.75. The molecule has 1 unspecified atom stereocenters. The number of rotatable bonds is 5. The normalized spacial score (nSPS) is 17.0. The topological polar surface area (TPSA) is 72.5 Å². The largest absolute Gasteiger partial charge is 0.370 e. The zero-order chi connectivity index (χ0) is 22.6. The number of hydrogen-bond donors (Lipinski definition) is 1. The Morgan fingerprint density at radius 1 is 1.15 bits per heavy atom. The van der Waals surface area contributed by atoms with Gasteiger partial charge in [-0.15, -0.1) is 0 Å². The van der Waals surface area contributed by atoms with E-state index in [1.54, 1.807) is 0 Å². The van der Waals surface area contributed by atoms with Crippen molar-refractivity contribution in [2.24, 2.45) is 12.0 Å². The Morgan fingerprint density at radius 2 is 1.97 bits per heavy atom. The highest BCUT2D eigenvalue weighted by Crippen LogP contribution is 2.21. The van der Waals surface area contributed by atoms with Gasteiger partial charge < -0.3 is 19.5 Å². The molecule has 0 amide bonds. The molecule has 33 heavy (non-hydrogen) atoms. The molecule has 0 aliphatic carbocycles. The molecule has 8 nitrogen and oxygen atoms in total. The van der Waals surface area contributed by atoms with Gasteiger partial charge in [0, 0.05) is 45.5 Å². The molecule has 1 atom stereocenters. The maximum absolute atomic E-state index is 5.96. The lowest BCUT2D eigenvalue weighted by molar-refractivity contribution is -0.00805. The molecule has 8 heteroatoms. The molecule has 2 aromatic heterocycles. The Balaban J connectivity index is 1.19. The number of guanidine groups is 1. The van der Waals surface area contributed by atoms with E-state index in [1.807, 2.05) is 49.6 Å². The molecule has 1 aliphatic rings. The predicted octanol–water partition coefficient (Wildman–Crippen LogP) is 2.97. The molecular weight excluding hydrogens is 414 g/mol. The maximum Gasteiger partial charge on any atom is 0.194 e. The van der Waals surface area contributed by atoms with Crippen molar-refractivity contribution in [3.05, 3.63) is 83.9 Å². The van der Waals surface area contributed by atoms with Crippen molar-refractivity contribution in [2.45, 2.75) is 19.2 Å². The Hall–Kier alpha value is -3.65. The number of morpholine rings is 1. The van der Waals surface area contributed by atoms with Gasteiger partial charge in [-0.25, -0.2) is 4.98 Å². The summed E-state index contributed by atoms with van der Waals surface area (Å²) in [5, 5.41) is 7.78. The third-order valence-electron chi connectivity index (χ3n) is 6.03. The molecule has 0 bridgehead atoms. The standard InChI is InChI=1S/C25H29N7O/c1-26-25(31-11-12-33-24(17-31)21-14-29-30(2)16-21)27-13-19-7-9-20(10-8-19)15-32-18-28-22-5-3-4-6-23(22)32/h3-10,14,16,18,24H,11-13,15,17H2,1-2H3,(H,26,27). The Kier molecular flexibility index (Phi) is 6.08. The highest BCUT2D eigenvalue weighted by Gasteiger charge is 2.25. The first-order valence-corrected chi connectivity index (χ1v) is 11.2. The zero-order valence-electron chi connectivity index (χ0n) is 19.1. The van der Waals surface area contributed by atoms with Crippen LogP contribution in [-0.2, 0) is 24.9 Å². The van der Waals surface area contributed by atoms with Gasteiger partial charge in [0.05, 0.1) is 36.7 Å². The van der Waals surface area contributed by atoms with Gasteiger partial charge in [-0.3, -0.25) is 9.67 Å². The molecule has 1 aliphatic heterocycles. The van der Waals surface area contributed by atoms with E-state index in [0.717, 1.165) is 48.7 Å². The lowest BCUT2D eigenvalue weighted by atomic mass is 10.1. The lowest BCUT2D eigenvalue weighted by Crippen LogP contribution is -2.47. The van der Waals surface area contributed by atoms with E-state index in [2.05, 4.69) is 66.3 Å². The van der Waals surface area contributed by atoms with Crippen molar-refractivity contribution < 1.29 is 4.74 Å². The first-order chi connectivity index (χ1) is 16.2. The Labute approximate surface area is 193 Å². The van der Waals surface area contributed by atoms with E-state index in [1.165, 1.54) is 11.1 Å². The minimum atomic E-state index is 0.00420. The fraction of sp³-hybridized carbons (Fsp3) is 0.320. The summed E-state index contributed by atoms with van der Waals surface area (Å²) in [5.41, 5.74) is 5.74. The van der Waals surface area contributed by atoms with Gasteiger partial charge in [-0.1, -0.05) is 36.4 Å². The van der Waals surface area contributed by atoms with Crippen molar-refractivity contribution in [2.75, 3.05) is 26.7 Å². The fourth-order valence-corrected chi connectivity index (χ4v) is 4.26. The van der Waals surface area contributed by atoms with Crippen LogP contribution in [0.25, 0.3) is 11.0 Å². The van der Waals surface area contributed by atoms with Crippen molar-refractivity contribution >= 4 is 17.0 Å². The first kappa shape index (κ1) is 21.2. The lowest BCUT2D eigenvalue weighted by Gasteiger charge is -2.34.